The number of Topliss-reactive ketones (excluding diaryl/α,β-unsaturated/α-hetero) is 1. The Morgan fingerprint density at radius 1 is 1.22 bits per heavy atom. The molecule has 0 aliphatic rings. The van der Waals surface area contributed by atoms with Crippen molar-refractivity contribution in [3.05, 3.63) is 29.8 Å². The predicted molar refractivity (Wildman–Crippen MR) is 92.7 cm³/mol. The van der Waals surface area contributed by atoms with Crippen LogP contribution >= 0.6 is 0 Å². The third-order valence-corrected chi connectivity index (χ3v) is 3.78. The van der Waals surface area contributed by atoms with Gasteiger partial charge in [0.1, 0.15) is 6.10 Å². The first kappa shape index (κ1) is 19.2. The maximum atomic E-state index is 11.9. The minimum atomic E-state index is -1.08. The highest BCUT2D eigenvalue weighted by Crippen LogP contribution is 2.26. The first-order valence-corrected chi connectivity index (χ1v) is 8.34. The summed E-state index contributed by atoms with van der Waals surface area (Å²) in [5.74, 6) is 0.270. The Balaban J connectivity index is 2.39. The molecule has 0 heterocycles. The maximum absolute atomic E-state index is 11.9. The largest absolute Gasteiger partial charge is 0.504 e. The van der Waals surface area contributed by atoms with Crippen LogP contribution in [0.1, 0.15) is 57.4 Å². The molecule has 1 unspecified atom stereocenters. The summed E-state index contributed by atoms with van der Waals surface area (Å²) in [7, 11) is 1.47. The van der Waals surface area contributed by atoms with E-state index in [4.69, 9.17) is 4.74 Å². The summed E-state index contributed by atoms with van der Waals surface area (Å²) < 4.78 is 5.02. The molecule has 23 heavy (non-hydrogen) atoms. The summed E-state index contributed by atoms with van der Waals surface area (Å²) in [5.41, 5.74) is 0.756. The van der Waals surface area contributed by atoms with Crippen molar-refractivity contribution in [3.63, 3.8) is 0 Å². The number of carbonyl (C=O) groups excluding carboxylic acids is 1. The average molecular weight is 320 g/mol. The lowest BCUT2D eigenvalue weighted by Crippen LogP contribution is -2.17. The summed E-state index contributed by atoms with van der Waals surface area (Å²) in [4.78, 5) is 11.9. The van der Waals surface area contributed by atoms with Crippen LogP contribution in [0.4, 0.5) is 0 Å². The van der Waals surface area contributed by atoms with E-state index in [1.54, 1.807) is 18.2 Å². The van der Waals surface area contributed by atoms with Crippen molar-refractivity contribution in [1.29, 1.82) is 0 Å². The van der Waals surface area contributed by atoms with Crippen molar-refractivity contribution in [3.8, 4) is 11.5 Å². The first-order valence-electron chi connectivity index (χ1n) is 8.34. The van der Waals surface area contributed by atoms with E-state index in [0.29, 0.717) is 12.2 Å². The lowest BCUT2D eigenvalue weighted by Gasteiger charge is -2.06. The molecule has 1 aromatic carbocycles. The highest BCUT2D eigenvalue weighted by molar-refractivity contribution is 5.85. The average Bonchev–Trinajstić information content (AvgIpc) is 2.56. The van der Waals surface area contributed by atoms with Gasteiger partial charge in [0.2, 0.25) is 0 Å². The summed E-state index contributed by atoms with van der Waals surface area (Å²) in [6.45, 7) is 2.18. The molecule has 0 saturated carbocycles. The SMILES string of the molecule is CCCCCCCCC(=O)C(O)/C=C/c1ccc(O)c(OC)c1. The van der Waals surface area contributed by atoms with E-state index in [1.807, 2.05) is 0 Å². The minimum absolute atomic E-state index is 0.0596. The number of unbranched alkanes of at least 4 members (excludes halogenated alkanes) is 5. The molecule has 128 valence electrons. The predicted octanol–water partition coefficient (Wildman–Crippen LogP) is 4.09. The second kappa shape index (κ2) is 10.8. The van der Waals surface area contributed by atoms with Crippen LogP contribution < -0.4 is 4.74 Å². The van der Waals surface area contributed by atoms with Gasteiger partial charge in [-0.1, -0.05) is 51.2 Å². The van der Waals surface area contributed by atoms with E-state index in [1.165, 1.54) is 38.5 Å². The van der Waals surface area contributed by atoms with Gasteiger partial charge in [0.05, 0.1) is 7.11 Å². The lowest BCUT2D eigenvalue weighted by atomic mass is 10.0. The number of hydrogen-bond acceptors (Lipinski definition) is 4. The topological polar surface area (TPSA) is 66.8 Å². The van der Waals surface area contributed by atoms with Crippen LogP contribution in [0.2, 0.25) is 0 Å². The van der Waals surface area contributed by atoms with Gasteiger partial charge in [-0.05, 0) is 30.2 Å². The Morgan fingerprint density at radius 3 is 2.61 bits per heavy atom. The number of phenols is 1. The molecule has 4 heteroatoms. The molecule has 0 saturated heterocycles. The van der Waals surface area contributed by atoms with Gasteiger partial charge in [-0.15, -0.1) is 0 Å². The summed E-state index contributed by atoms with van der Waals surface area (Å²) in [5, 5.41) is 19.4. The van der Waals surface area contributed by atoms with E-state index >= 15 is 0 Å². The molecule has 2 N–H and O–H groups in total. The zero-order valence-electron chi connectivity index (χ0n) is 14.1. The van der Waals surface area contributed by atoms with E-state index in [9.17, 15) is 15.0 Å². The van der Waals surface area contributed by atoms with Crippen LogP contribution in [-0.4, -0.2) is 29.2 Å². The Labute approximate surface area is 138 Å². The molecule has 1 aromatic rings. The molecular weight excluding hydrogens is 292 g/mol. The number of aliphatic hydroxyl groups excluding tert-OH is 1. The van der Waals surface area contributed by atoms with Gasteiger partial charge >= 0.3 is 0 Å². The van der Waals surface area contributed by atoms with Crippen LogP contribution in [0.15, 0.2) is 24.3 Å². The highest BCUT2D eigenvalue weighted by Gasteiger charge is 2.11. The van der Waals surface area contributed by atoms with Crippen LogP contribution in [0.25, 0.3) is 6.08 Å². The summed E-state index contributed by atoms with van der Waals surface area (Å²) >= 11 is 0. The van der Waals surface area contributed by atoms with Crippen molar-refractivity contribution >= 4 is 11.9 Å². The van der Waals surface area contributed by atoms with E-state index < -0.39 is 6.10 Å². The van der Waals surface area contributed by atoms with Gasteiger partial charge in [0.25, 0.3) is 0 Å². The first-order chi connectivity index (χ1) is 11.1. The second-order valence-electron chi connectivity index (χ2n) is 5.72. The smallest absolute Gasteiger partial charge is 0.165 e. The number of carbonyl (C=O) groups is 1. The van der Waals surface area contributed by atoms with Crippen LogP contribution in [0.3, 0.4) is 0 Å². The Hall–Kier alpha value is -1.81. The van der Waals surface area contributed by atoms with Gasteiger partial charge in [0, 0.05) is 6.42 Å². The molecule has 0 amide bonds. The quantitative estimate of drug-likeness (QED) is 0.603. The fourth-order valence-corrected chi connectivity index (χ4v) is 2.33. The van der Waals surface area contributed by atoms with Gasteiger partial charge in [0.15, 0.2) is 17.3 Å². The molecule has 1 rings (SSSR count). The van der Waals surface area contributed by atoms with Crippen LogP contribution in [-0.2, 0) is 4.79 Å². The van der Waals surface area contributed by atoms with Crippen molar-refractivity contribution < 1.29 is 19.7 Å². The van der Waals surface area contributed by atoms with Crippen molar-refractivity contribution in [2.75, 3.05) is 7.11 Å². The number of phenolic OH excluding ortho intramolecular Hbond substituents is 1. The molecule has 0 spiro atoms. The standard InChI is InChI=1S/C19H28O4/c1-3-4-5-6-7-8-9-16(20)17(21)12-10-15-11-13-18(22)19(14-15)23-2/h10-14,17,21-22H,3-9H2,1-2H3/b12-10+. The number of benzene rings is 1. The van der Waals surface area contributed by atoms with Crippen molar-refractivity contribution in [1.82, 2.24) is 0 Å². The molecule has 0 aliphatic heterocycles. The molecule has 0 aromatic heterocycles. The van der Waals surface area contributed by atoms with E-state index in [0.717, 1.165) is 24.8 Å². The Kier molecular flexibility index (Phi) is 9.07. The summed E-state index contributed by atoms with van der Waals surface area (Å²) in [6, 6.07) is 4.86. The molecule has 4 nitrogen and oxygen atoms in total. The normalized spacial score (nSPS) is 12.5. The third kappa shape index (κ3) is 7.33. The van der Waals surface area contributed by atoms with Crippen LogP contribution in [0.5, 0.6) is 11.5 Å². The molecule has 0 fully saturated rings. The van der Waals surface area contributed by atoms with Gasteiger partial charge in [-0.3, -0.25) is 4.79 Å². The number of hydrogen-bond donors (Lipinski definition) is 2. The number of aromatic hydroxyl groups is 1. The lowest BCUT2D eigenvalue weighted by molar-refractivity contribution is -0.125. The van der Waals surface area contributed by atoms with Gasteiger partial charge in [-0.2, -0.15) is 0 Å². The number of ketones is 1. The zero-order chi connectivity index (χ0) is 17.1. The number of rotatable bonds is 11. The molecule has 0 aliphatic carbocycles. The maximum Gasteiger partial charge on any atom is 0.165 e. The van der Waals surface area contributed by atoms with Crippen LogP contribution in [0, 0.1) is 0 Å². The fraction of sp³-hybridized carbons (Fsp3) is 0.526. The monoisotopic (exact) mass is 320 g/mol. The minimum Gasteiger partial charge on any atom is -0.504 e. The van der Waals surface area contributed by atoms with E-state index in [2.05, 4.69) is 6.92 Å². The Morgan fingerprint density at radius 2 is 1.91 bits per heavy atom. The fourth-order valence-electron chi connectivity index (χ4n) is 2.33. The summed E-state index contributed by atoms with van der Waals surface area (Å²) in [6.07, 6.45) is 9.17. The molecular formula is C19H28O4. The Bertz CT molecular complexity index is 508. The highest BCUT2D eigenvalue weighted by atomic mass is 16.5. The number of aliphatic hydroxyl groups is 1. The second-order valence-corrected chi connectivity index (χ2v) is 5.72. The van der Waals surface area contributed by atoms with Gasteiger partial charge in [-0.25, -0.2) is 0 Å². The van der Waals surface area contributed by atoms with Crippen molar-refractivity contribution in [2.24, 2.45) is 0 Å². The van der Waals surface area contributed by atoms with E-state index in [-0.39, 0.29) is 11.5 Å². The number of methoxy groups -OCH3 is 1. The zero-order valence-corrected chi connectivity index (χ0v) is 14.1. The van der Waals surface area contributed by atoms with Crippen molar-refractivity contribution in [2.45, 2.75) is 58.0 Å². The molecule has 0 bridgehead atoms. The molecule has 0 radical (unpaired) electrons. The number of ether oxygens (including phenoxy) is 1. The molecule has 1 atom stereocenters. The third-order valence-electron chi connectivity index (χ3n) is 3.78. The van der Waals surface area contributed by atoms with Gasteiger partial charge < -0.3 is 14.9 Å².